The minimum atomic E-state index is -0.370. The molecule has 1 rings (SSSR count). The monoisotopic (exact) mass is 202 g/mol. The summed E-state index contributed by atoms with van der Waals surface area (Å²) < 4.78 is 4.85. The standard InChI is InChI=1S/C13H14O2/c1-3-15-13(14)11(2)9-10-12-7-5-4-6-8-12/h4-8,11H,3H2,1-2H3. The Balaban J connectivity index is 2.62. The minimum absolute atomic E-state index is 0.263. The molecule has 0 bridgehead atoms. The van der Waals surface area contributed by atoms with Crippen LogP contribution >= 0.6 is 0 Å². The fraction of sp³-hybridized carbons (Fsp3) is 0.308. The van der Waals surface area contributed by atoms with Crippen molar-refractivity contribution in [2.45, 2.75) is 13.8 Å². The Labute approximate surface area is 90.3 Å². The Morgan fingerprint density at radius 2 is 2.07 bits per heavy atom. The molecule has 0 aliphatic rings. The zero-order valence-corrected chi connectivity index (χ0v) is 8.99. The van der Waals surface area contributed by atoms with Crippen LogP contribution in [0.3, 0.4) is 0 Å². The highest BCUT2D eigenvalue weighted by Crippen LogP contribution is 1.99. The molecule has 15 heavy (non-hydrogen) atoms. The van der Waals surface area contributed by atoms with Crippen LogP contribution in [-0.4, -0.2) is 12.6 Å². The van der Waals surface area contributed by atoms with Gasteiger partial charge in [0.2, 0.25) is 0 Å². The number of esters is 1. The van der Waals surface area contributed by atoms with Crippen molar-refractivity contribution in [3.8, 4) is 11.8 Å². The molecule has 1 atom stereocenters. The number of carbonyl (C=O) groups excluding carboxylic acids is 1. The lowest BCUT2D eigenvalue weighted by atomic mass is 10.1. The lowest BCUT2D eigenvalue weighted by molar-refractivity contribution is -0.145. The van der Waals surface area contributed by atoms with Gasteiger partial charge in [-0.3, -0.25) is 4.79 Å². The van der Waals surface area contributed by atoms with Crippen LogP contribution < -0.4 is 0 Å². The van der Waals surface area contributed by atoms with Gasteiger partial charge in [0.15, 0.2) is 0 Å². The number of benzene rings is 1. The molecule has 0 saturated carbocycles. The molecule has 0 aliphatic heterocycles. The third kappa shape index (κ3) is 3.86. The van der Waals surface area contributed by atoms with E-state index in [-0.39, 0.29) is 11.9 Å². The SMILES string of the molecule is CCOC(=O)C(C)C#Cc1ccccc1. The second-order valence-electron chi connectivity index (χ2n) is 3.11. The first-order valence-corrected chi connectivity index (χ1v) is 4.97. The van der Waals surface area contributed by atoms with E-state index in [4.69, 9.17) is 4.74 Å². The van der Waals surface area contributed by atoms with Crippen molar-refractivity contribution >= 4 is 5.97 Å². The topological polar surface area (TPSA) is 26.3 Å². The summed E-state index contributed by atoms with van der Waals surface area (Å²) in [6.45, 7) is 3.93. The molecule has 1 aromatic rings. The molecule has 78 valence electrons. The van der Waals surface area contributed by atoms with E-state index < -0.39 is 0 Å². The second-order valence-corrected chi connectivity index (χ2v) is 3.11. The quantitative estimate of drug-likeness (QED) is 0.543. The highest BCUT2D eigenvalue weighted by Gasteiger charge is 2.09. The maximum Gasteiger partial charge on any atom is 0.320 e. The van der Waals surface area contributed by atoms with Gasteiger partial charge in [-0.1, -0.05) is 30.0 Å². The van der Waals surface area contributed by atoms with Crippen molar-refractivity contribution < 1.29 is 9.53 Å². The van der Waals surface area contributed by atoms with Crippen LogP contribution in [0.1, 0.15) is 19.4 Å². The summed E-state index contributed by atoms with van der Waals surface area (Å²) in [5.41, 5.74) is 0.911. The van der Waals surface area contributed by atoms with Crippen molar-refractivity contribution in [2.24, 2.45) is 5.92 Å². The molecule has 1 aromatic carbocycles. The molecule has 0 saturated heterocycles. The normalized spacial score (nSPS) is 11.1. The Bertz CT molecular complexity index is 371. The highest BCUT2D eigenvalue weighted by atomic mass is 16.5. The smallest absolute Gasteiger partial charge is 0.320 e. The lowest BCUT2D eigenvalue weighted by Gasteiger charge is -2.02. The zero-order valence-electron chi connectivity index (χ0n) is 8.99. The van der Waals surface area contributed by atoms with Gasteiger partial charge in [0.25, 0.3) is 0 Å². The van der Waals surface area contributed by atoms with Gasteiger partial charge in [-0.2, -0.15) is 0 Å². The summed E-state index contributed by atoms with van der Waals surface area (Å²) in [6.07, 6.45) is 0. The summed E-state index contributed by atoms with van der Waals surface area (Å²) >= 11 is 0. The van der Waals surface area contributed by atoms with Crippen LogP contribution in [0.25, 0.3) is 0 Å². The zero-order chi connectivity index (χ0) is 11.1. The van der Waals surface area contributed by atoms with Crippen molar-refractivity contribution in [1.29, 1.82) is 0 Å². The molecule has 0 aromatic heterocycles. The summed E-state index contributed by atoms with van der Waals surface area (Å²) in [7, 11) is 0. The first kappa shape index (κ1) is 11.3. The molecular weight excluding hydrogens is 188 g/mol. The summed E-state index contributed by atoms with van der Waals surface area (Å²) in [4.78, 5) is 11.2. The van der Waals surface area contributed by atoms with E-state index in [2.05, 4.69) is 11.8 Å². The Morgan fingerprint density at radius 3 is 2.67 bits per heavy atom. The first-order valence-electron chi connectivity index (χ1n) is 4.97. The third-order valence-corrected chi connectivity index (χ3v) is 1.85. The minimum Gasteiger partial charge on any atom is -0.465 e. The molecule has 0 heterocycles. The third-order valence-electron chi connectivity index (χ3n) is 1.85. The van der Waals surface area contributed by atoms with E-state index >= 15 is 0 Å². The average Bonchev–Trinajstić information content (AvgIpc) is 2.27. The molecule has 0 radical (unpaired) electrons. The Hall–Kier alpha value is -1.75. The van der Waals surface area contributed by atoms with Crippen LogP contribution in [0.15, 0.2) is 30.3 Å². The Morgan fingerprint density at radius 1 is 1.40 bits per heavy atom. The number of ether oxygens (including phenoxy) is 1. The highest BCUT2D eigenvalue weighted by molar-refractivity contribution is 5.75. The maximum atomic E-state index is 11.2. The number of carbonyl (C=O) groups is 1. The average molecular weight is 202 g/mol. The maximum absolute atomic E-state index is 11.2. The van der Waals surface area contributed by atoms with Crippen molar-refractivity contribution in [2.75, 3.05) is 6.61 Å². The van der Waals surface area contributed by atoms with Gasteiger partial charge < -0.3 is 4.74 Å². The van der Waals surface area contributed by atoms with Gasteiger partial charge in [0.05, 0.1) is 6.61 Å². The predicted octanol–water partition coefficient (Wildman–Crippen LogP) is 2.24. The molecule has 0 N–H and O–H groups in total. The van der Waals surface area contributed by atoms with Gasteiger partial charge in [0.1, 0.15) is 5.92 Å². The molecule has 0 fully saturated rings. The molecule has 0 aliphatic carbocycles. The van der Waals surface area contributed by atoms with Gasteiger partial charge in [0, 0.05) is 5.56 Å². The van der Waals surface area contributed by atoms with Gasteiger partial charge in [-0.05, 0) is 26.0 Å². The summed E-state index contributed by atoms with van der Waals surface area (Å²) in [5, 5.41) is 0. The van der Waals surface area contributed by atoms with E-state index in [0.717, 1.165) is 5.56 Å². The van der Waals surface area contributed by atoms with Gasteiger partial charge in [-0.15, -0.1) is 0 Å². The molecule has 2 nitrogen and oxygen atoms in total. The second kappa shape index (κ2) is 5.87. The molecule has 2 heteroatoms. The molecule has 0 amide bonds. The molecule has 1 unspecified atom stereocenters. The van der Waals surface area contributed by atoms with E-state index in [1.54, 1.807) is 13.8 Å². The Kier molecular flexibility index (Phi) is 4.43. The largest absolute Gasteiger partial charge is 0.465 e. The lowest BCUT2D eigenvalue weighted by Crippen LogP contribution is -2.12. The fourth-order valence-electron chi connectivity index (χ4n) is 1.04. The van der Waals surface area contributed by atoms with Crippen molar-refractivity contribution in [3.05, 3.63) is 35.9 Å². The fourth-order valence-corrected chi connectivity index (χ4v) is 1.04. The van der Waals surface area contributed by atoms with Crippen molar-refractivity contribution in [3.63, 3.8) is 0 Å². The number of hydrogen-bond acceptors (Lipinski definition) is 2. The van der Waals surface area contributed by atoms with Gasteiger partial charge in [-0.25, -0.2) is 0 Å². The molecular formula is C13H14O2. The van der Waals surface area contributed by atoms with E-state index in [0.29, 0.717) is 6.61 Å². The first-order chi connectivity index (χ1) is 7.24. The van der Waals surface area contributed by atoms with Crippen molar-refractivity contribution in [1.82, 2.24) is 0 Å². The summed E-state index contributed by atoms with van der Waals surface area (Å²) in [5.74, 6) is 5.16. The van der Waals surface area contributed by atoms with Crippen LogP contribution in [-0.2, 0) is 9.53 Å². The van der Waals surface area contributed by atoms with Crippen LogP contribution in [0.5, 0.6) is 0 Å². The number of rotatable bonds is 2. The predicted molar refractivity (Wildman–Crippen MR) is 59.1 cm³/mol. The van der Waals surface area contributed by atoms with Crippen LogP contribution in [0, 0.1) is 17.8 Å². The van der Waals surface area contributed by atoms with E-state index in [9.17, 15) is 4.79 Å². The van der Waals surface area contributed by atoms with E-state index in [1.165, 1.54) is 0 Å². The van der Waals surface area contributed by atoms with Crippen LogP contribution in [0.4, 0.5) is 0 Å². The number of hydrogen-bond donors (Lipinski definition) is 0. The van der Waals surface area contributed by atoms with Gasteiger partial charge >= 0.3 is 5.97 Å². The summed E-state index contributed by atoms with van der Waals surface area (Å²) in [6, 6.07) is 9.58. The van der Waals surface area contributed by atoms with E-state index in [1.807, 2.05) is 30.3 Å². The van der Waals surface area contributed by atoms with Crippen LogP contribution in [0.2, 0.25) is 0 Å². The molecule has 0 spiro atoms.